The predicted molar refractivity (Wildman–Crippen MR) is 111 cm³/mol. The second-order valence-corrected chi connectivity index (χ2v) is 6.86. The molecule has 1 heterocycles. The molecule has 4 aromatic rings. The second-order valence-electron chi connectivity index (χ2n) is 6.43. The number of H-pyrrole nitrogens is 1. The third-order valence-corrected chi connectivity index (χ3v) is 4.87. The molecule has 4 heteroatoms. The zero-order chi connectivity index (χ0) is 18.6. The van der Waals surface area contributed by atoms with Crippen LogP contribution in [0, 0.1) is 0 Å². The average molecular weight is 375 g/mol. The molecule has 0 bridgehead atoms. The first kappa shape index (κ1) is 17.4. The average Bonchev–Trinajstić information content (AvgIpc) is 3.05. The minimum absolute atomic E-state index is 0.00554. The first-order chi connectivity index (χ1) is 13.2. The highest BCUT2D eigenvalue weighted by Crippen LogP contribution is 2.27. The first-order valence-corrected chi connectivity index (χ1v) is 9.28. The van der Waals surface area contributed by atoms with Gasteiger partial charge in [-0.2, -0.15) is 0 Å². The highest BCUT2D eigenvalue weighted by Gasteiger charge is 2.17. The fraction of sp³-hybridized carbons (Fsp3) is 0.0870. The van der Waals surface area contributed by atoms with Crippen LogP contribution in [0.15, 0.2) is 89.7 Å². The first-order valence-electron chi connectivity index (χ1n) is 8.90. The summed E-state index contributed by atoms with van der Waals surface area (Å²) < 4.78 is 1.69. The van der Waals surface area contributed by atoms with Crippen LogP contribution < -0.4 is 5.56 Å². The molecule has 1 N–H and O–H groups in total. The molecule has 134 valence electrons. The Bertz CT molecular complexity index is 1080. The number of rotatable bonds is 5. The van der Waals surface area contributed by atoms with Crippen LogP contribution in [0.25, 0.3) is 22.4 Å². The summed E-state index contributed by atoms with van der Waals surface area (Å²) in [7, 11) is 0. The summed E-state index contributed by atoms with van der Waals surface area (Å²) in [5.74, 6) is 0. The Morgan fingerprint density at radius 2 is 1.37 bits per heavy atom. The number of hydrogen-bond donors (Lipinski definition) is 1. The summed E-state index contributed by atoms with van der Waals surface area (Å²) in [6.45, 7) is 0.577. The van der Waals surface area contributed by atoms with E-state index in [1.807, 2.05) is 84.9 Å². The van der Waals surface area contributed by atoms with E-state index in [0.717, 1.165) is 28.8 Å². The summed E-state index contributed by atoms with van der Waals surface area (Å²) in [5.41, 5.74) is 4.61. The van der Waals surface area contributed by atoms with Crippen molar-refractivity contribution < 1.29 is 0 Å². The van der Waals surface area contributed by atoms with Gasteiger partial charge in [0.25, 0.3) is 5.56 Å². The van der Waals surface area contributed by atoms with Gasteiger partial charge in [0.05, 0.1) is 11.3 Å². The second kappa shape index (κ2) is 7.68. The molecule has 3 aromatic carbocycles. The van der Waals surface area contributed by atoms with Crippen molar-refractivity contribution in [1.29, 1.82) is 0 Å². The zero-order valence-corrected chi connectivity index (χ0v) is 15.5. The summed E-state index contributed by atoms with van der Waals surface area (Å²) >= 11 is 5.95. The molecule has 0 atom stereocenters. The van der Waals surface area contributed by atoms with Gasteiger partial charge < -0.3 is 0 Å². The molecule has 0 amide bonds. The van der Waals surface area contributed by atoms with Crippen molar-refractivity contribution in [1.82, 2.24) is 9.78 Å². The Kier molecular flexibility index (Phi) is 4.95. The third-order valence-electron chi connectivity index (χ3n) is 4.62. The van der Waals surface area contributed by atoms with E-state index in [1.54, 1.807) is 4.68 Å². The number of nitrogens with one attached hydrogen (secondary N) is 1. The van der Waals surface area contributed by atoms with Crippen LogP contribution in [0.3, 0.4) is 0 Å². The number of hydrogen-bond acceptors (Lipinski definition) is 1. The van der Waals surface area contributed by atoms with Crippen LogP contribution >= 0.6 is 11.6 Å². The van der Waals surface area contributed by atoms with Gasteiger partial charge in [-0.1, -0.05) is 84.4 Å². The van der Waals surface area contributed by atoms with Crippen LogP contribution in [0.1, 0.15) is 5.56 Å². The molecule has 0 saturated heterocycles. The Hall–Kier alpha value is -3.04. The van der Waals surface area contributed by atoms with E-state index in [4.69, 9.17) is 11.6 Å². The lowest BCUT2D eigenvalue weighted by Gasteiger charge is -2.03. The number of nitrogens with zero attached hydrogens (tertiary/aromatic N) is 1. The highest BCUT2D eigenvalue weighted by atomic mass is 35.5. The van der Waals surface area contributed by atoms with E-state index >= 15 is 0 Å². The molecule has 3 nitrogen and oxygen atoms in total. The summed E-state index contributed by atoms with van der Waals surface area (Å²) in [6, 6.07) is 27.5. The smallest absolute Gasteiger partial charge is 0.275 e. The molecule has 0 aliphatic rings. The largest absolute Gasteiger partial charge is 0.294 e. The SMILES string of the molecule is O=c1c(-c2ccccc2)c(-c2ccccc2)[nH]n1CCc1ccc(Cl)cc1. The molecular formula is C23H19ClN2O. The van der Waals surface area contributed by atoms with Gasteiger partial charge in [-0.3, -0.25) is 14.6 Å². The molecule has 0 radical (unpaired) electrons. The van der Waals surface area contributed by atoms with E-state index in [1.165, 1.54) is 0 Å². The molecular weight excluding hydrogens is 356 g/mol. The highest BCUT2D eigenvalue weighted by molar-refractivity contribution is 6.30. The number of aromatic nitrogens is 2. The zero-order valence-electron chi connectivity index (χ0n) is 14.7. The normalized spacial score (nSPS) is 10.9. The number of halogens is 1. The van der Waals surface area contributed by atoms with Gasteiger partial charge in [0.1, 0.15) is 0 Å². The molecule has 4 rings (SSSR count). The van der Waals surface area contributed by atoms with E-state index in [0.29, 0.717) is 17.1 Å². The van der Waals surface area contributed by atoms with Gasteiger partial charge in [-0.25, -0.2) is 0 Å². The molecule has 0 fully saturated rings. The number of aryl methyl sites for hydroxylation is 2. The topological polar surface area (TPSA) is 37.8 Å². The third kappa shape index (κ3) is 3.74. The molecule has 0 aliphatic heterocycles. The standard InChI is InChI=1S/C23H19ClN2O/c24-20-13-11-17(12-14-20)15-16-26-23(27)21(18-7-3-1-4-8-18)22(25-26)19-9-5-2-6-10-19/h1-14,25H,15-16H2. The fourth-order valence-electron chi connectivity index (χ4n) is 3.22. The van der Waals surface area contributed by atoms with E-state index in [-0.39, 0.29) is 5.56 Å². The molecule has 27 heavy (non-hydrogen) atoms. The van der Waals surface area contributed by atoms with Crippen molar-refractivity contribution in [2.24, 2.45) is 0 Å². The Balaban J connectivity index is 1.74. The Labute approximate surface area is 162 Å². The van der Waals surface area contributed by atoms with E-state index in [2.05, 4.69) is 5.10 Å². The van der Waals surface area contributed by atoms with Gasteiger partial charge in [0.15, 0.2) is 0 Å². The molecule has 0 aliphatic carbocycles. The maximum absolute atomic E-state index is 13.1. The number of aromatic amines is 1. The summed E-state index contributed by atoms with van der Waals surface area (Å²) in [6.07, 6.45) is 0.750. The van der Waals surface area contributed by atoms with Crippen molar-refractivity contribution in [3.05, 3.63) is 106 Å². The van der Waals surface area contributed by atoms with Gasteiger partial charge >= 0.3 is 0 Å². The maximum Gasteiger partial charge on any atom is 0.275 e. The van der Waals surface area contributed by atoms with Crippen molar-refractivity contribution in [2.75, 3.05) is 0 Å². The fourth-order valence-corrected chi connectivity index (χ4v) is 3.35. The van der Waals surface area contributed by atoms with Crippen LogP contribution in [-0.4, -0.2) is 9.78 Å². The maximum atomic E-state index is 13.1. The molecule has 1 aromatic heterocycles. The van der Waals surface area contributed by atoms with Crippen LogP contribution in [0.2, 0.25) is 5.02 Å². The number of benzene rings is 3. The summed E-state index contributed by atoms with van der Waals surface area (Å²) in [4.78, 5) is 13.1. The Morgan fingerprint density at radius 3 is 2.00 bits per heavy atom. The van der Waals surface area contributed by atoms with E-state index < -0.39 is 0 Å². The molecule has 0 saturated carbocycles. The molecule has 0 unspecified atom stereocenters. The van der Waals surface area contributed by atoms with Crippen molar-refractivity contribution in [2.45, 2.75) is 13.0 Å². The monoisotopic (exact) mass is 374 g/mol. The lowest BCUT2D eigenvalue weighted by molar-refractivity contribution is 0.598. The summed E-state index contributed by atoms with van der Waals surface area (Å²) in [5, 5.41) is 4.04. The van der Waals surface area contributed by atoms with Gasteiger partial charge in [0, 0.05) is 17.1 Å². The quantitative estimate of drug-likeness (QED) is 0.498. The Morgan fingerprint density at radius 1 is 0.778 bits per heavy atom. The van der Waals surface area contributed by atoms with Crippen LogP contribution in [-0.2, 0) is 13.0 Å². The van der Waals surface area contributed by atoms with Gasteiger partial charge in [-0.15, -0.1) is 0 Å². The van der Waals surface area contributed by atoms with Gasteiger partial charge in [0.2, 0.25) is 0 Å². The van der Waals surface area contributed by atoms with Crippen LogP contribution in [0.5, 0.6) is 0 Å². The lowest BCUT2D eigenvalue weighted by Crippen LogP contribution is -2.19. The van der Waals surface area contributed by atoms with Crippen LogP contribution in [0.4, 0.5) is 0 Å². The van der Waals surface area contributed by atoms with Crippen molar-refractivity contribution >= 4 is 11.6 Å². The van der Waals surface area contributed by atoms with Crippen molar-refractivity contribution in [3.63, 3.8) is 0 Å². The van der Waals surface area contributed by atoms with Gasteiger partial charge in [-0.05, 0) is 29.7 Å². The predicted octanol–water partition coefficient (Wildman–Crippen LogP) is 5.41. The minimum atomic E-state index is -0.00554. The molecule has 0 spiro atoms. The lowest BCUT2D eigenvalue weighted by atomic mass is 10.0. The van der Waals surface area contributed by atoms with Crippen molar-refractivity contribution in [3.8, 4) is 22.4 Å². The minimum Gasteiger partial charge on any atom is -0.294 e. The van der Waals surface area contributed by atoms with E-state index in [9.17, 15) is 4.79 Å².